The van der Waals surface area contributed by atoms with Crippen LogP contribution in [0, 0.1) is 6.92 Å². The maximum absolute atomic E-state index is 11.4. The van der Waals surface area contributed by atoms with Crippen molar-refractivity contribution < 1.29 is 14.6 Å². The molecule has 1 N–H and O–H groups in total. The van der Waals surface area contributed by atoms with Crippen LogP contribution in [0.15, 0.2) is 53.0 Å². The van der Waals surface area contributed by atoms with E-state index in [9.17, 15) is 9.90 Å². The number of carboxylic acids is 1. The second kappa shape index (κ2) is 6.57. The fraction of sp³-hybridized carbons (Fsp3) is 0.188. The topological polar surface area (TPSA) is 46.5 Å². The summed E-state index contributed by atoms with van der Waals surface area (Å²) in [6, 6.07) is 14.7. The first-order valence-corrected chi connectivity index (χ1v) is 7.04. The van der Waals surface area contributed by atoms with Gasteiger partial charge in [-0.25, -0.2) is 0 Å². The summed E-state index contributed by atoms with van der Waals surface area (Å²) in [4.78, 5) is 11.4. The van der Waals surface area contributed by atoms with Crippen molar-refractivity contribution in [2.45, 2.75) is 12.8 Å². The zero-order chi connectivity index (χ0) is 14.5. The van der Waals surface area contributed by atoms with Crippen molar-refractivity contribution in [1.29, 1.82) is 0 Å². The molecule has 0 radical (unpaired) electrons. The lowest BCUT2D eigenvalue weighted by molar-refractivity contribution is -0.139. The van der Waals surface area contributed by atoms with E-state index in [-0.39, 0.29) is 6.61 Å². The van der Waals surface area contributed by atoms with Gasteiger partial charge in [-0.05, 0) is 36.2 Å². The first-order chi connectivity index (χ1) is 9.58. The molecular formula is C16H15BrO3. The number of hydrogen-bond donors (Lipinski definition) is 1. The van der Waals surface area contributed by atoms with E-state index in [1.165, 1.54) is 0 Å². The van der Waals surface area contributed by atoms with Gasteiger partial charge in [0, 0.05) is 4.47 Å². The Morgan fingerprint density at radius 3 is 2.55 bits per heavy atom. The molecule has 0 aliphatic heterocycles. The monoisotopic (exact) mass is 334 g/mol. The Morgan fingerprint density at radius 2 is 1.95 bits per heavy atom. The standard InChI is InChI=1S/C16H15BrO3/c1-11-9-13(7-8-15(11)17)20-10-14(16(18)19)12-5-3-2-4-6-12/h2-9,14H,10H2,1H3,(H,18,19). The second-order valence-electron chi connectivity index (χ2n) is 4.52. The molecule has 104 valence electrons. The summed E-state index contributed by atoms with van der Waals surface area (Å²) in [5, 5.41) is 9.32. The number of carbonyl (C=O) groups is 1. The highest BCUT2D eigenvalue weighted by Crippen LogP contribution is 2.23. The summed E-state index contributed by atoms with van der Waals surface area (Å²) in [6.07, 6.45) is 0. The highest BCUT2D eigenvalue weighted by Gasteiger charge is 2.20. The fourth-order valence-corrected chi connectivity index (χ4v) is 2.13. The van der Waals surface area contributed by atoms with Crippen molar-refractivity contribution in [2.24, 2.45) is 0 Å². The normalized spacial score (nSPS) is 11.9. The van der Waals surface area contributed by atoms with E-state index in [4.69, 9.17) is 4.74 Å². The molecule has 0 spiro atoms. The van der Waals surface area contributed by atoms with Crippen LogP contribution < -0.4 is 4.74 Å². The Kier molecular flexibility index (Phi) is 4.79. The van der Waals surface area contributed by atoms with Gasteiger partial charge < -0.3 is 9.84 Å². The molecule has 0 saturated heterocycles. The maximum atomic E-state index is 11.4. The predicted molar refractivity (Wildman–Crippen MR) is 81.2 cm³/mol. The molecule has 1 atom stereocenters. The molecule has 3 nitrogen and oxygen atoms in total. The summed E-state index contributed by atoms with van der Waals surface area (Å²) in [5.74, 6) is -0.877. The van der Waals surface area contributed by atoms with Crippen LogP contribution in [-0.4, -0.2) is 17.7 Å². The third kappa shape index (κ3) is 3.61. The Hall–Kier alpha value is -1.81. The van der Waals surface area contributed by atoms with E-state index in [2.05, 4.69) is 15.9 Å². The van der Waals surface area contributed by atoms with Gasteiger partial charge in [0.2, 0.25) is 0 Å². The van der Waals surface area contributed by atoms with Crippen LogP contribution in [0.4, 0.5) is 0 Å². The molecule has 0 aliphatic carbocycles. The van der Waals surface area contributed by atoms with Crippen molar-refractivity contribution in [3.63, 3.8) is 0 Å². The van der Waals surface area contributed by atoms with E-state index >= 15 is 0 Å². The summed E-state index contributed by atoms with van der Waals surface area (Å²) >= 11 is 3.42. The third-order valence-corrected chi connectivity index (χ3v) is 3.94. The summed E-state index contributed by atoms with van der Waals surface area (Å²) in [7, 11) is 0. The van der Waals surface area contributed by atoms with E-state index in [0.717, 1.165) is 15.6 Å². The Morgan fingerprint density at radius 1 is 1.25 bits per heavy atom. The Labute approximate surface area is 126 Å². The smallest absolute Gasteiger partial charge is 0.314 e. The summed E-state index contributed by atoms with van der Waals surface area (Å²) < 4.78 is 6.62. The number of rotatable bonds is 5. The molecule has 0 saturated carbocycles. The number of carboxylic acid groups (broad SMARTS) is 1. The summed E-state index contributed by atoms with van der Waals surface area (Å²) in [5.41, 5.74) is 1.79. The van der Waals surface area contributed by atoms with Gasteiger partial charge in [0.25, 0.3) is 0 Å². The van der Waals surface area contributed by atoms with Crippen molar-refractivity contribution in [3.05, 3.63) is 64.1 Å². The zero-order valence-corrected chi connectivity index (χ0v) is 12.6. The second-order valence-corrected chi connectivity index (χ2v) is 5.38. The number of aliphatic carboxylic acids is 1. The molecule has 4 heteroatoms. The highest BCUT2D eigenvalue weighted by molar-refractivity contribution is 9.10. The first-order valence-electron chi connectivity index (χ1n) is 6.24. The molecule has 2 rings (SSSR count). The van der Waals surface area contributed by atoms with Crippen LogP contribution in [0.25, 0.3) is 0 Å². The molecule has 0 aromatic heterocycles. The molecule has 2 aromatic carbocycles. The van der Waals surface area contributed by atoms with Gasteiger partial charge in [-0.2, -0.15) is 0 Å². The molecule has 0 heterocycles. The fourth-order valence-electron chi connectivity index (χ4n) is 1.88. The van der Waals surface area contributed by atoms with Crippen LogP contribution in [0.2, 0.25) is 0 Å². The number of aryl methyl sites for hydroxylation is 1. The molecule has 20 heavy (non-hydrogen) atoms. The minimum atomic E-state index is -0.884. The number of benzene rings is 2. The maximum Gasteiger partial charge on any atom is 0.314 e. The largest absolute Gasteiger partial charge is 0.492 e. The SMILES string of the molecule is Cc1cc(OCC(C(=O)O)c2ccccc2)ccc1Br. The van der Waals surface area contributed by atoms with Gasteiger partial charge in [-0.15, -0.1) is 0 Å². The quantitative estimate of drug-likeness (QED) is 0.898. The van der Waals surface area contributed by atoms with E-state index in [0.29, 0.717) is 5.75 Å². The lowest BCUT2D eigenvalue weighted by atomic mass is 10.0. The zero-order valence-electron chi connectivity index (χ0n) is 11.0. The molecule has 1 unspecified atom stereocenters. The van der Waals surface area contributed by atoms with E-state index < -0.39 is 11.9 Å². The van der Waals surface area contributed by atoms with Crippen molar-refractivity contribution in [3.8, 4) is 5.75 Å². The molecule has 0 bridgehead atoms. The van der Waals surface area contributed by atoms with Crippen LogP contribution in [0.3, 0.4) is 0 Å². The van der Waals surface area contributed by atoms with Crippen LogP contribution in [-0.2, 0) is 4.79 Å². The first kappa shape index (κ1) is 14.6. The average molecular weight is 335 g/mol. The molecule has 2 aromatic rings. The minimum Gasteiger partial charge on any atom is -0.492 e. The van der Waals surface area contributed by atoms with Gasteiger partial charge in [-0.1, -0.05) is 46.3 Å². The third-order valence-electron chi connectivity index (χ3n) is 3.05. The van der Waals surface area contributed by atoms with Gasteiger partial charge in [-0.3, -0.25) is 4.79 Å². The van der Waals surface area contributed by atoms with Gasteiger partial charge in [0.15, 0.2) is 0 Å². The van der Waals surface area contributed by atoms with Crippen LogP contribution >= 0.6 is 15.9 Å². The predicted octanol–water partition coefficient (Wildman–Crippen LogP) is 4.00. The average Bonchev–Trinajstić information content (AvgIpc) is 2.44. The van der Waals surface area contributed by atoms with Crippen molar-refractivity contribution >= 4 is 21.9 Å². The highest BCUT2D eigenvalue weighted by atomic mass is 79.9. The minimum absolute atomic E-state index is 0.112. The van der Waals surface area contributed by atoms with Gasteiger partial charge in [0.1, 0.15) is 18.3 Å². The van der Waals surface area contributed by atoms with Crippen molar-refractivity contribution in [2.75, 3.05) is 6.61 Å². The number of halogens is 1. The van der Waals surface area contributed by atoms with Crippen LogP contribution in [0.1, 0.15) is 17.0 Å². The molecule has 0 aliphatic rings. The molecular weight excluding hydrogens is 320 g/mol. The lowest BCUT2D eigenvalue weighted by Gasteiger charge is -2.14. The van der Waals surface area contributed by atoms with Gasteiger partial charge in [0.05, 0.1) is 0 Å². The Bertz CT molecular complexity index is 596. The van der Waals surface area contributed by atoms with E-state index in [1.54, 1.807) is 12.1 Å². The van der Waals surface area contributed by atoms with E-state index in [1.807, 2.05) is 43.3 Å². The molecule has 0 amide bonds. The van der Waals surface area contributed by atoms with Crippen LogP contribution in [0.5, 0.6) is 5.75 Å². The van der Waals surface area contributed by atoms with Gasteiger partial charge >= 0.3 is 5.97 Å². The number of hydrogen-bond acceptors (Lipinski definition) is 2. The number of ether oxygens (including phenoxy) is 1. The molecule has 0 fully saturated rings. The Balaban J connectivity index is 2.10. The summed E-state index contributed by atoms with van der Waals surface area (Å²) in [6.45, 7) is 2.07. The lowest BCUT2D eigenvalue weighted by Crippen LogP contribution is -2.19. The van der Waals surface area contributed by atoms with Crippen molar-refractivity contribution in [1.82, 2.24) is 0 Å².